The van der Waals surface area contributed by atoms with Gasteiger partial charge in [0.15, 0.2) is 4.88 Å². The van der Waals surface area contributed by atoms with Crippen molar-refractivity contribution in [1.29, 1.82) is 0 Å². The fourth-order valence-electron chi connectivity index (χ4n) is 2.27. The van der Waals surface area contributed by atoms with Crippen LogP contribution in [0.15, 0.2) is 30.5 Å². The van der Waals surface area contributed by atoms with Crippen LogP contribution >= 0.6 is 11.3 Å². The van der Waals surface area contributed by atoms with Crippen LogP contribution in [0.2, 0.25) is 0 Å². The highest BCUT2D eigenvalue weighted by Crippen LogP contribution is 2.39. The first-order valence-electron chi connectivity index (χ1n) is 6.56. The van der Waals surface area contributed by atoms with Crippen LogP contribution < -0.4 is 0 Å². The minimum absolute atomic E-state index is 0.0527. The Bertz CT molecular complexity index is 820. The zero-order valence-corrected chi connectivity index (χ0v) is 12.5. The number of hydrogen-bond donors (Lipinski definition) is 1. The molecule has 0 aliphatic heterocycles. The number of rotatable bonds is 3. The maximum atomic E-state index is 11.8. The van der Waals surface area contributed by atoms with Crippen molar-refractivity contribution in [1.82, 2.24) is 9.61 Å². The van der Waals surface area contributed by atoms with Gasteiger partial charge in [-0.15, -0.1) is 11.3 Å². The van der Waals surface area contributed by atoms with Crippen LogP contribution in [0.1, 0.15) is 22.3 Å². The third-order valence-electron chi connectivity index (χ3n) is 3.13. The normalized spacial score (nSPS) is 11.0. The molecule has 0 saturated carbocycles. The second kappa shape index (κ2) is 5.21. The van der Waals surface area contributed by atoms with Gasteiger partial charge in [-0.2, -0.15) is 5.10 Å². The second-order valence-corrected chi connectivity index (χ2v) is 5.59. The molecule has 108 valence electrons. The molecule has 0 aliphatic carbocycles. The number of aromatic hydroxyl groups is 1. The molecule has 5 nitrogen and oxygen atoms in total. The van der Waals surface area contributed by atoms with Crippen molar-refractivity contribution >= 4 is 22.8 Å². The largest absolute Gasteiger partial charge is 0.506 e. The average Bonchev–Trinajstić information content (AvgIpc) is 2.98. The summed E-state index contributed by atoms with van der Waals surface area (Å²) in [5, 5.41) is 14.4. The van der Waals surface area contributed by atoms with E-state index in [1.165, 1.54) is 11.3 Å². The van der Waals surface area contributed by atoms with Crippen LogP contribution in [0, 0.1) is 6.92 Å². The van der Waals surface area contributed by atoms with Gasteiger partial charge in [-0.1, -0.05) is 6.07 Å². The fraction of sp³-hybridized carbons (Fsp3) is 0.200. The molecule has 0 saturated heterocycles. The minimum Gasteiger partial charge on any atom is -0.506 e. The Kier molecular flexibility index (Phi) is 3.39. The number of ether oxygens (including phenoxy) is 1. The van der Waals surface area contributed by atoms with Crippen LogP contribution in [-0.2, 0) is 4.74 Å². The highest BCUT2D eigenvalue weighted by Gasteiger charge is 2.21. The van der Waals surface area contributed by atoms with E-state index in [4.69, 9.17) is 4.74 Å². The molecule has 6 heteroatoms. The SMILES string of the molecule is CCOC(=O)c1sc(-c2c(C)nn3ccccc23)cc1O. The standard InChI is InChI=1S/C15H14N2O3S/c1-3-20-15(19)14-11(18)8-12(21-14)13-9(2)16-17-7-5-4-6-10(13)17/h4-8,18H,3H2,1-2H3. The summed E-state index contributed by atoms with van der Waals surface area (Å²) in [6.07, 6.45) is 1.87. The third-order valence-corrected chi connectivity index (χ3v) is 4.26. The van der Waals surface area contributed by atoms with Crippen molar-refractivity contribution in [2.24, 2.45) is 0 Å². The number of aromatic nitrogens is 2. The molecule has 0 unspecified atom stereocenters. The van der Waals surface area contributed by atoms with Gasteiger partial charge in [0.05, 0.1) is 17.8 Å². The molecule has 1 N–H and O–H groups in total. The molecule has 0 aromatic carbocycles. The molecule has 0 amide bonds. The molecule has 0 spiro atoms. The molecule has 0 radical (unpaired) electrons. The van der Waals surface area contributed by atoms with Crippen molar-refractivity contribution in [3.63, 3.8) is 0 Å². The zero-order valence-electron chi connectivity index (χ0n) is 11.7. The van der Waals surface area contributed by atoms with Gasteiger partial charge in [0.2, 0.25) is 0 Å². The van der Waals surface area contributed by atoms with Crippen molar-refractivity contribution in [3.05, 3.63) is 41.0 Å². The van der Waals surface area contributed by atoms with Crippen molar-refractivity contribution in [2.75, 3.05) is 6.61 Å². The van der Waals surface area contributed by atoms with Gasteiger partial charge in [-0.05, 0) is 32.0 Å². The number of thiophene rings is 1. The summed E-state index contributed by atoms with van der Waals surface area (Å²) in [7, 11) is 0. The Labute approximate surface area is 125 Å². The van der Waals surface area contributed by atoms with Gasteiger partial charge < -0.3 is 9.84 Å². The lowest BCUT2D eigenvalue weighted by molar-refractivity contribution is 0.0529. The summed E-state index contributed by atoms with van der Waals surface area (Å²) in [4.78, 5) is 12.8. The quantitative estimate of drug-likeness (QED) is 0.754. The van der Waals surface area contributed by atoms with E-state index < -0.39 is 5.97 Å². The molecular weight excluding hydrogens is 288 g/mol. The Morgan fingerprint density at radius 3 is 3.05 bits per heavy atom. The maximum Gasteiger partial charge on any atom is 0.352 e. The van der Waals surface area contributed by atoms with Crippen molar-refractivity contribution in [2.45, 2.75) is 13.8 Å². The van der Waals surface area contributed by atoms with Crippen LogP contribution in [0.4, 0.5) is 0 Å². The highest BCUT2D eigenvalue weighted by atomic mass is 32.1. The van der Waals surface area contributed by atoms with E-state index in [1.54, 1.807) is 17.5 Å². The van der Waals surface area contributed by atoms with Crippen LogP contribution in [0.5, 0.6) is 5.75 Å². The summed E-state index contributed by atoms with van der Waals surface area (Å²) in [6.45, 7) is 3.92. The molecule has 0 bridgehead atoms. The van der Waals surface area contributed by atoms with Crippen LogP contribution in [0.25, 0.3) is 16.0 Å². The summed E-state index contributed by atoms with van der Waals surface area (Å²) in [6, 6.07) is 7.38. The molecule has 3 aromatic rings. The van der Waals surface area contributed by atoms with Crippen molar-refractivity contribution in [3.8, 4) is 16.2 Å². The van der Waals surface area contributed by atoms with E-state index in [0.29, 0.717) is 0 Å². The molecule has 3 rings (SSSR count). The number of carbonyl (C=O) groups excluding carboxylic acids is 1. The minimum atomic E-state index is -0.500. The molecule has 21 heavy (non-hydrogen) atoms. The Morgan fingerprint density at radius 1 is 1.48 bits per heavy atom. The summed E-state index contributed by atoms with van der Waals surface area (Å²) in [5.41, 5.74) is 2.70. The highest BCUT2D eigenvalue weighted by molar-refractivity contribution is 7.17. The third kappa shape index (κ3) is 2.27. The monoisotopic (exact) mass is 302 g/mol. The van der Waals surface area contributed by atoms with Crippen LogP contribution in [0.3, 0.4) is 0 Å². The van der Waals surface area contributed by atoms with Crippen LogP contribution in [-0.4, -0.2) is 27.3 Å². The number of fused-ring (bicyclic) bond motifs is 1. The molecule has 0 fully saturated rings. The van der Waals surface area contributed by atoms with E-state index in [9.17, 15) is 9.90 Å². The first-order valence-corrected chi connectivity index (χ1v) is 7.37. The number of pyridine rings is 1. The van der Waals surface area contributed by atoms with E-state index >= 15 is 0 Å². The first-order chi connectivity index (χ1) is 10.1. The number of esters is 1. The van der Waals surface area contributed by atoms with Gasteiger partial charge in [-0.25, -0.2) is 9.31 Å². The molecule has 0 atom stereocenters. The molecule has 3 heterocycles. The number of nitrogens with zero attached hydrogens (tertiary/aromatic N) is 2. The maximum absolute atomic E-state index is 11.8. The zero-order chi connectivity index (χ0) is 15.0. The predicted molar refractivity (Wildman–Crippen MR) is 80.9 cm³/mol. The van der Waals surface area contributed by atoms with Crippen molar-refractivity contribution < 1.29 is 14.6 Å². The summed E-state index contributed by atoms with van der Waals surface area (Å²) < 4.78 is 6.73. The van der Waals surface area contributed by atoms with Gasteiger partial charge in [0.25, 0.3) is 0 Å². The lowest BCUT2D eigenvalue weighted by Gasteiger charge is -1.98. The summed E-state index contributed by atoms with van der Waals surface area (Å²) >= 11 is 1.22. The van der Waals surface area contributed by atoms with E-state index in [2.05, 4.69) is 5.10 Å². The number of hydrogen-bond acceptors (Lipinski definition) is 5. The molecule has 0 aliphatic rings. The van der Waals surface area contributed by atoms with Gasteiger partial charge >= 0.3 is 5.97 Å². The molecular formula is C15H14N2O3S. The number of aryl methyl sites for hydroxylation is 1. The van der Waals surface area contributed by atoms with Gasteiger partial charge in [-0.3, -0.25) is 0 Å². The van der Waals surface area contributed by atoms with E-state index in [-0.39, 0.29) is 17.2 Å². The Morgan fingerprint density at radius 2 is 2.29 bits per heavy atom. The number of carbonyl (C=O) groups is 1. The summed E-state index contributed by atoms with van der Waals surface area (Å²) in [5.74, 6) is -0.552. The lowest BCUT2D eigenvalue weighted by Crippen LogP contribution is -2.01. The van der Waals surface area contributed by atoms with Gasteiger partial charge in [0, 0.05) is 16.6 Å². The fourth-order valence-corrected chi connectivity index (χ4v) is 3.32. The van der Waals surface area contributed by atoms with E-state index in [0.717, 1.165) is 21.7 Å². The Hall–Kier alpha value is -2.34. The topological polar surface area (TPSA) is 63.8 Å². The smallest absolute Gasteiger partial charge is 0.352 e. The van der Waals surface area contributed by atoms with Gasteiger partial charge in [0.1, 0.15) is 5.75 Å². The first kappa shape index (κ1) is 13.6. The average molecular weight is 302 g/mol. The predicted octanol–water partition coefficient (Wildman–Crippen LogP) is 3.25. The Balaban J connectivity index is 2.14. The lowest BCUT2D eigenvalue weighted by atomic mass is 10.1. The van der Waals surface area contributed by atoms with E-state index in [1.807, 2.05) is 31.3 Å². The molecule has 3 aromatic heterocycles. The second-order valence-electron chi connectivity index (χ2n) is 4.54.